The lowest BCUT2D eigenvalue weighted by atomic mass is 9.95. The molecule has 1 rings (SSSR count). The van der Waals surface area contributed by atoms with E-state index < -0.39 is 5.97 Å². The molecule has 1 unspecified atom stereocenters. The number of likely N-dealkylation sites (tertiary alicyclic amines) is 1. The van der Waals surface area contributed by atoms with E-state index in [1.807, 2.05) is 13.8 Å². The summed E-state index contributed by atoms with van der Waals surface area (Å²) in [5, 5.41) is 11.9. The highest BCUT2D eigenvalue weighted by molar-refractivity contribution is 5.75. The predicted molar refractivity (Wildman–Crippen MR) is 74.1 cm³/mol. The molecule has 19 heavy (non-hydrogen) atoms. The van der Waals surface area contributed by atoms with Crippen LogP contribution in [0.5, 0.6) is 0 Å². The molecule has 1 heterocycles. The molecule has 2 amide bonds. The Balaban J connectivity index is 2.50. The molecule has 0 radical (unpaired) electrons. The van der Waals surface area contributed by atoms with E-state index in [4.69, 9.17) is 5.11 Å². The van der Waals surface area contributed by atoms with Crippen molar-refractivity contribution in [2.75, 3.05) is 13.1 Å². The van der Waals surface area contributed by atoms with E-state index in [0.717, 1.165) is 32.2 Å². The summed E-state index contributed by atoms with van der Waals surface area (Å²) in [5.41, 5.74) is -0.203. The van der Waals surface area contributed by atoms with Gasteiger partial charge in [-0.05, 0) is 39.0 Å². The Morgan fingerprint density at radius 2 is 2.11 bits per heavy atom. The van der Waals surface area contributed by atoms with Gasteiger partial charge in [-0.3, -0.25) is 4.79 Å². The van der Waals surface area contributed by atoms with E-state index in [1.54, 1.807) is 4.90 Å². The van der Waals surface area contributed by atoms with Crippen LogP contribution in [0.1, 0.15) is 52.9 Å². The first-order chi connectivity index (χ1) is 8.84. The largest absolute Gasteiger partial charge is 0.481 e. The minimum atomic E-state index is -0.779. The van der Waals surface area contributed by atoms with Gasteiger partial charge in [0.1, 0.15) is 0 Å². The zero-order valence-electron chi connectivity index (χ0n) is 12.2. The number of carboxylic acids is 1. The number of carbonyl (C=O) groups is 2. The van der Waals surface area contributed by atoms with Gasteiger partial charge in [0.25, 0.3) is 0 Å². The number of nitrogens with zero attached hydrogens (tertiary/aromatic N) is 1. The number of urea groups is 1. The summed E-state index contributed by atoms with van der Waals surface area (Å²) in [4.78, 5) is 24.7. The van der Waals surface area contributed by atoms with Gasteiger partial charge in [-0.25, -0.2) is 4.79 Å². The van der Waals surface area contributed by atoms with E-state index in [-0.39, 0.29) is 23.9 Å². The smallest absolute Gasteiger partial charge is 0.317 e. The number of hydrogen-bond acceptors (Lipinski definition) is 2. The number of carboxylic acid groups (broad SMARTS) is 1. The van der Waals surface area contributed by atoms with Crippen LogP contribution in [-0.4, -0.2) is 40.6 Å². The van der Waals surface area contributed by atoms with Crippen molar-refractivity contribution in [2.45, 2.75) is 58.4 Å². The first-order valence-electron chi connectivity index (χ1n) is 7.13. The van der Waals surface area contributed by atoms with Gasteiger partial charge in [0.2, 0.25) is 0 Å². The topological polar surface area (TPSA) is 69.6 Å². The zero-order chi connectivity index (χ0) is 14.5. The van der Waals surface area contributed by atoms with Gasteiger partial charge in [-0.1, -0.05) is 13.3 Å². The van der Waals surface area contributed by atoms with Gasteiger partial charge in [0.05, 0.1) is 0 Å². The molecule has 2 N–H and O–H groups in total. The van der Waals surface area contributed by atoms with Gasteiger partial charge < -0.3 is 15.3 Å². The molecular weight excluding hydrogens is 244 g/mol. The fraction of sp³-hybridized carbons (Fsp3) is 0.857. The Labute approximate surface area is 115 Å². The SMILES string of the molecule is CCCC(C)(C)NC(=O)N1CCCC(CC(=O)O)C1. The summed E-state index contributed by atoms with van der Waals surface area (Å²) in [6, 6.07) is -0.0615. The molecular formula is C14H26N2O3. The van der Waals surface area contributed by atoms with Crippen LogP contribution in [-0.2, 0) is 4.79 Å². The maximum atomic E-state index is 12.2. The molecule has 0 spiro atoms. The molecule has 1 saturated heterocycles. The second-order valence-corrected chi connectivity index (χ2v) is 6.12. The van der Waals surface area contributed by atoms with E-state index in [1.165, 1.54) is 0 Å². The minimum Gasteiger partial charge on any atom is -0.481 e. The Hall–Kier alpha value is -1.26. The molecule has 1 fully saturated rings. The first kappa shape index (κ1) is 15.8. The van der Waals surface area contributed by atoms with Crippen molar-refractivity contribution in [3.63, 3.8) is 0 Å². The van der Waals surface area contributed by atoms with Crippen LogP contribution in [0.25, 0.3) is 0 Å². The van der Waals surface area contributed by atoms with Crippen molar-refractivity contribution in [1.29, 1.82) is 0 Å². The number of aliphatic carboxylic acids is 1. The summed E-state index contributed by atoms with van der Waals surface area (Å²) in [7, 11) is 0. The number of rotatable bonds is 5. The summed E-state index contributed by atoms with van der Waals surface area (Å²) < 4.78 is 0. The third-order valence-corrected chi connectivity index (χ3v) is 3.59. The number of hydrogen-bond donors (Lipinski definition) is 2. The first-order valence-corrected chi connectivity index (χ1v) is 7.13. The van der Waals surface area contributed by atoms with Gasteiger partial charge in [0.15, 0.2) is 0 Å². The van der Waals surface area contributed by atoms with Crippen LogP contribution in [0.15, 0.2) is 0 Å². The Bertz CT molecular complexity index is 329. The van der Waals surface area contributed by atoms with Crippen molar-refractivity contribution in [2.24, 2.45) is 5.92 Å². The standard InChI is InChI=1S/C14H26N2O3/c1-4-7-14(2,3)15-13(19)16-8-5-6-11(10-16)9-12(17)18/h11H,4-10H2,1-3H3,(H,15,19)(H,17,18). The molecule has 5 nitrogen and oxygen atoms in total. The summed E-state index contributed by atoms with van der Waals surface area (Å²) >= 11 is 0. The van der Waals surface area contributed by atoms with Crippen LogP contribution in [0.3, 0.4) is 0 Å². The van der Waals surface area contributed by atoms with Crippen molar-refractivity contribution in [3.8, 4) is 0 Å². The summed E-state index contributed by atoms with van der Waals surface area (Å²) in [5.74, 6) is -0.690. The van der Waals surface area contributed by atoms with Crippen molar-refractivity contribution in [1.82, 2.24) is 10.2 Å². The number of amides is 2. The molecule has 1 aliphatic heterocycles. The fourth-order valence-corrected chi connectivity index (χ4v) is 2.72. The van der Waals surface area contributed by atoms with Gasteiger partial charge in [-0.2, -0.15) is 0 Å². The van der Waals surface area contributed by atoms with Crippen molar-refractivity contribution < 1.29 is 14.7 Å². The van der Waals surface area contributed by atoms with Crippen LogP contribution < -0.4 is 5.32 Å². The number of carbonyl (C=O) groups excluding carboxylic acids is 1. The summed E-state index contributed by atoms with van der Waals surface area (Å²) in [6.07, 6.45) is 3.90. The van der Waals surface area contributed by atoms with Crippen LogP contribution >= 0.6 is 0 Å². The van der Waals surface area contributed by atoms with Gasteiger partial charge >= 0.3 is 12.0 Å². The van der Waals surface area contributed by atoms with Gasteiger partial charge in [0, 0.05) is 25.0 Å². The van der Waals surface area contributed by atoms with Crippen molar-refractivity contribution in [3.05, 3.63) is 0 Å². The molecule has 0 saturated carbocycles. The van der Waals surface area contributed by atoms with E-state index in [9.17, 15) is 9.59 Å². The highest BCUT2D eigenvalue weighted by Crippen LogP contribution is 2.20. The zero-order valence-corrected chi connectivity index (χ0v) is 12.2. The van der Waals surface area contributed by atoms with Crippen LogP contribution in [0.2, 0.25) is 0 Å². The number of piperidine rings is 1. The monoisotopic (exact) mass is 270 g/mol. The Morgan fingerprint density at radius 1 is 1.42 bits per heavy atom. The molecule has 0 bridgehead atoms. The lowest BCUT2D eigenvalue weighted by Gasteiger charge is -2.35. The molecule has 0 aromatic rings. The van der Waals surface area contributed by atoms with Crippen LogP contribution in [0.4, 0.5) is 4.79 Å². The molecule has 0 aromatic carbocycles. The minimum absolute atomic E-state index is 0.0615. The van der Waals surface area contributed by atoms with E-state index in [2.05, 4.69) is 12.2 Å². The second-order valence-electron chi connectivity index (χ2n) is 6.12. The van der Waals surface area contributed by atoms with Gasteiger partial charge in [-0.15, -0.1) is 0 Å². The highest BCUT2D eigenvalue weighted by Gasteiger charge is 2.28. The lowest BCUT2D eigenvalue weighted by molar-refractivity contribution is -0.138. The fourth-order valence-electron chi connectivity index (χ4n) is 2.72. The molecule has 110 valence electrons. The Morgan fingerprint density at radius 3 is 2.68 bits per heavy atom. The van der Waals surface area contributed by atoms with Crippen molar-refractivity contribution >= 4 is 12.0 Å². The molecule has 1 aliphatic rings. The molecule has 0 aromatic heterocycles. The van der Waals surface area contributed by atoms with E-state index in [0.29, 0.717) is 6.54 Å². The predicted octanol–water partition coefficient (Wildman–Crippen LogP) is 2.46. The Kier molecular flexibility index (Phi) is 5.63. The quantitative estimate of drug-likeness (QED) is 0.806. The number of nitrogens with one attached hydrogen (secondary N) is 1. The second kappa shape index (κ2) is 6.78. The average Bonchev–Trinajstić information content (AvgIpc) is 2.27. The third-order valence-electron chi connectivity index (χ3n) is 3.59. The summed E-state index contributed by atoms with van der Waals surface area (Å²) in [6.45, 7) is 7.42. The normalized spacial score (nSPS) is 20.2. The van der Waals surface area contributed by atoms with E-state index >= 15 is 0 Å². The van der Waals surface area contributed by atoms with Crippen LogP contribution in [0, 0.1) is 5.92 Å². The molecule has 5 heteroatoms. The maximum absolute atomic E-state index is 12.2. The average molecular weight is 270 g/mol. The third kappa shape index (κ3) is 5.49. The highest BCUT2D eigenvalue weighted by atomic mass is 16.4. The molecule has 1 atom stereocenters. The molecule has 0 aliphatic carbocycles. The maximum Gasteiger partial charge on any atom is 0.317 e. The lowest BCUT2D eigenvalue weighted by Crippen LogP contribution is -2.52.